The molecule has 7 heteroatoms. The molecule has 0 aromatic carbocycles. The van der Waals surface area contributed by atoms with Crippen molar-refractivity contribution in [1.29, 1.82) is 0 Å². The van der Waals surface area contributed by atoms with Gasteiger partial charge in [0.15, 0.2) is 5.65 Å². The van der Waals surface area contributed by atoms with Gasteiger partial charge in [0.1, 0.15) is 17.1 Å². The molecule has 3 aromatic heterocycles. The third-order valence-corrected chi connectivity index (χ3v) is 3.32. The van der Waals surface area contributed by atoms with Crippen LogP contribution in [0, 0.1) is 0 Å². The molecule has 2 N–H and O–H groups in total. The number of H-pyrrole nitrogens is 2. The number of imidazole rings is 1. The van der Waals surface area contributed by atoms with Crippen LogP contribution in [0.25, 0.3) is 11.2 Å². The van der Waals surface area contributed by atoms with Gasteiger partial charge in [-0.05, 0) is 18.6 Å². The van der Waals surface area contributed by atoms with E-state index < -0.39 is 11.2 Å². The molecule has 0 spiro atoms. The van der Waals surface area contributed by atoms with E-state index in [-0.39, 0.29) is 0 Å². The monoisotopic (exact) mass is 288 g/mol. The average Bonchev–Trinajstić information content (AvgIpc) is 3.10. The van der Waals surface area contributed by atoms with Gasteiger partial charge < -0.3 is 9.40 Å². The molecule has 3 aromatic rings. The lowest BCUT2D eigenvalue weighted by Crippen LogP contribution is -2.30. The zero-order valence-electron chi connectivity index (χ0n) is 11.7. The standard InChI is InChI=1S/C14H16N4O3/c1-2-7-18-12-11(13(19)17-14(18)20)15-10(16-12)6-5-9-4-3-8-21-9/h3-4,8H,2,5-7H2,1H3,(H,15,16)(H,17,19,20). The summed E-state index contributed by atoms with van der Waals surface area (Å²) < 4.78 is 6.76. The predicted octanol–water partition coefficient (Wildman–Crippen LogP) is 1.20. The molecular weight excluding hydrogens is 272 g/mol. The van der Waals surface area contributed by atoms with Crippen LogP contribution >= 0.6 is 0 Å². The van der Waals surface area contributed by atoms with Gasteiger partial charge in [0.2, 0.25) is 0 Å². The van der Waals surface area contributed by atoms with Gasteiger partial charge in [0.25, 0.3) is 5.56 Å². The largest absolute Gasteiger partial charge is 0.469 e. The zero-order valence-corrected chi connectivity index (χ0v) is 11.7. The van der Waals surface area contributed by atoms with Crippen molar-refractivity contribution >= 4 is 11.2 Å². The topological polar surface area (TPSA) is 96.7 Å². The van der Waals surface area contributed by atoms with Gasteiger partial charge in [-0.2, -0.15) is 0 Å². The number of nitrogens with one attached hydrogen (secondary N) is 2. The summed E-state index contributed by atoms with van der Waals surface area (Å²) in [5.41, 5.74) is -0.0879. The van der Waals surface area contributed by atoms with Crippen molar-refractivity contribution < 1.29 is 4.42 Å². The van der Waals surface area contributed by atoms with Crippen molar-refractivity contribution in [2.45, 2.75) is 32.7 Å². The summed E-state index contributed by atoms with van der Waals surface area (Å²) in [6, 6.07) is 3.72. The Morgan fingerprint density at radius 2 is 2.14 bits per heavy atom. The van der Waals surface area contributed by atoms with E-state index >= 15 is 0 Å². The number of aryl methyl sites for hydroxylation is 3. The number of hydrogen-bond donors (Lipinski definition) is 2. The van der Waals surface area contributed by atoms with Crippen LogP contribution in [0.1, 0.15) is 24.9 Å². The minimum absolute atomic E-state index is 0.345. The van der Waals surface area contributed by atoms with Crippen LogP contribution in [-0.4, -0.2) is 19.5 Å². The second-order valence-corrected chi connectivity index (χ2v) is 4.87. The van der Waals surface area contributed by atoms with Crippen LogP contribution < -0.4 is 11.2 Å². The quantitative estimate of drug-likeness (QED) is 0.737. The van der Waals surface area contributed by atoms with E-state index in [1.807, 2.05) is 19.1 Å². The molecule has 21 heavy (non-hydrogen) atoms. The Labute approximate surface area is 119 Å². The smallest absolute Gasteiger partial charge is 0.330 e. The molecule has 0 amide bonds. The number of nitrogens with zero attached hydrogens (tertiary/aromatic N) is 2. The van der Waals surface area contributed by atoms with Crippen LogP contribution in [0.5, 0.6) is 0 Å². The van der Waals surface area contributed by atoms with E-state index in [2.05, 4.69) is 15.0 Å². The van der Waals surface area contributed by atoms with Crippen molar-refractivity contribution in [2.24, 2.45) is 0 Å². The first kappa shape index (κ1) is 13.4. The lowest BCUT2D eigenvalue weighted by molar-refractivity contribution is 0.507. The fourth-order valence-corrected chi connectivity index (χ4v) is 2.33. The van der Waals surface area contributed by atoms with E-state index in [0.29, 0.717) is 36.4 Å². The van der Waals surface area contributed by atoms with Gasteiger partial charge in [-0.25, -0.2) is 9.78 Å². The molecule has 0 saturated carbocycles. The van der Waals surface area contributed by atoms with Gasteiger partial charge in [0, 0.05) is 19.4 Å². The Balaban J connectivity index is 1.98. The number of aromatic nitrogens is 4. The molecule has 0 aliphatic heterocycles. The van der Waals surface area contributed by atoms with Crippen LogP contribution in [-0.2, 0) is 19.4 Å². The normalized spacial score (nSPS) is 11.3. The zero-order chi connectivity index (χ0) is 14.8. The van der Waals surface area contributed by atoms with Crippen LogP contribution in [0.3, 0.4) is 0 Å². The minimum atomic E-state index is -0.431. The highest BCUT2D eigenvalue weighted by molar-refractivity contribution is 5.69. The van der Waals surface area contributed by atoms with Crippen LogP contribution in [0.4, 0.5) is 0 Å². The Bertz CT molecular complexity index is 855. The number of aromatic amines is 2. The molecule has 0 bridgehead atoms. The Kier molecular flexibility index (Phi) is 3.47. The maximum absolute atomic E-state index is 11.8. The number of furan rings is 1. The Morgan fingerprint density at radius 3 is 2.86 bits per heavy atom. The fourth-order valence-electron chi connectivity index (χ4n) is 2.33. The number of fused-ring (bicyclic) bond motifs is 1. The number of rotatable bonds is 5. The summed E-state index contributed by atoms with van der Waals surface area (Å²) in [6.07, 6.45) is 3.71. The average molecular weight is 288 g/mol. The summed E-state index contributed by atoms with van der Waals surface area (Å²) in [7, 11) is 0. The first-order chi connectivity index (χ1) is 10.2. The minimum Gasteiger partial charge on any atom is -0.469 e. The summed E-state index contributed by atoms with van der Waals surface area (Å²) in [6.45, 7) is 2.49. The van der Waals surface area contributed by atoms with Crippen molar-refractivity contribution in [3.8, 4) is 0 Å². The SMILES string of the molecule is CCCn1c(=O)[nH]c(=O)c2[nH]c(CCc3ccco3)nc21. The third-order valence-electron chi connectivity index (χ3n) is 3.32. The van der Waals surface area contributed by atoms with Crippen molar-refractivity contribution in [3.63, 3.8) is 0 Å². The second kappa shape index (κ2) is 5.43. The molecule has 0 aliphatic rings. The summed E-state index contributed by atoms with van der Waals surface area (Å²) in [4.78, 5) is 33.4. The summed E-state index contributed by atoms with van der Waals surface area (Å²) in [5, 5.41) is 0. The number of hydrogen-bond acceptors (Lipinski definition) is 4. The Morgan fingerprint density at radius 1 is 1.29 bits per heavy atom. The Hall–Kier alpha value is -2.57. The first-order valence-corrected chi connectivity index (χ1v) is 6.93. The highest BCUT2D eigenvalue weighted by Gasteiger charge is 2.12. The van der Waals surface area contributed by atoms with E-state index in [9.17, 15) is 9.59 Å². The van der Waals surface area contributed by atoms with Crippen molar-refractivity contribution in [3.05, 3.63) is 50.8 Å². The van der Waals surface area contributed by atoms with Crippen LogP contribution in [0.15, 0.2) is 32.4 Å². The van der Waals surface area contributed by atoms with Gasteiger partial charge >= 0.3 is 5.69 Å². The molecule has 0 radical (unpaired) electrons. The molecule has 7 nitrogen and oxygen atoms in total. The fraction of sp³-hybridized carbons (Fsp3) is 0.357. The van der Waals surface area contributed by atoms with E-state index in [1.54, 1.807) is 6.26 Å². The molecule has 0 saturated heterocycles. The molecule has 3 rings (SSSR count). The van der Waals surface area contributed by atoms with Gasteiger partial charge in [0.05, 0.1) is 6.26 Å². The molecule has 0 aliphatic carbocycles. The van der Waals surface area contributed by atoms with E-state index in [4.69, 9.17) is 4.42 Å². The van der Waals surface area contributed by atoms with Crippen molar-refractivity contribution in [2.75, 3.05) is 0 Å². The summed E-state index contributed by atoms with van der Waals surface area (Å²) >= 11 is 0. The van der Waals surface area contributed by atoms with E-state index in [1.165, 1.54) is 4.57 Å². The second-order valence-electron chi connectivity index (χ2n) is 4.87. The molecule has 0 unspecified atom stereocenters. The molecule has 0 fully saturated rings. The molecule has 110 valence electrons. The van der Waals surface area contributed by atoms with Crippen LogP contribution in [0.2, 0.25) is 0 Å². The predicted molar refractivity (Wildman–Crippen MR) is 77.4 cm³/mol. The maximum Gasteiger partial charge on any atom is 0.330 e. The van der Waals surface area contributed by atoms with Crippen molar-refractivity contribution in [1.82, 2.24) is 19.5 Å². The van der Waals surface area contributed by atoms with Gasteiger partial charge in [-0.3, -0.25) is 14.3 Å². The highest BCUT2D eigenvalue weighted by atomic mass is 16.3. The maximum atomic E-state index is 11.8. The first-order valence-electron chi connectivity index (χ1n) is 6.93. The third kappa shape index (κ3) is 2.54. The van der Waals surface area contributed by atoms with Gasteiger partial charge in [-0.15, -0.1) is 0 Å². The molecule has 3 heterocycles. The van der Waals surface area contributed by atoms with E-state index in [0.717, 1.165) is 12.2 Å². The van der Waals surface area contributed by atoms with Gasteiger partial charge in [-0.1, -0.05) is 6.92 Å². The lowest BCUT2D eigenvalue weighted by Gasteiger charge is -2.02. The highest BCUT2D eigenvalue weighted by Crippen LogP contribution is 2.09. The molecule has 0 atom stereocenters. The molecular formula is C14H16N4O3. The summed E-state index contributed by atoms with van der Waals surface area (Å²) in [5.74, 6) is 1.53. The lowest BCUT2D eigenvalue weighted by atomic mass is 10.2.